The molecule has 0 aliphatic heterocycles. The molecule has 13 rings (SSSR count). The zero-order valence-corrected chi connectivity index (χ0v) is 34.9. The Morgan fingerprint density at radius 1 is 0.286 bits per heavy atom. The van der Waals surface area contributed by atoms with Gasteiger partial charge >= 0.3 is 0 Å². The Hall–Kier alpha value is -8.05. The van der Waals surface area contributed by atoms with E-state index in [0.717, 1.165) is 45.0 Å². The van der Waals surface area contributed by atoms with Gasteiger partial charge in [-0.15, -0.1) is 11.3 Å². The van der Waals surface area contributed by atoms with Crippen molar-refractivity contribution in [1.29, 1.82) is 0 Å². The second-order valence-electron chi connectivity index (χ2n) is 16.3. The van der Waals surface area contributed by atoms with E-state index < -0.39 is 0 Å². The van der Waals surface area contributed by atoms with Crippen LogP contribution in [0.2, 0.25) is 0 Å². The summed E-state index contributed by atoms with van der Waals surface area (Å²) in [6, 6.07) is 81.5. The van der Waals surface area contributed by atoms with Gasteiger partial charge in [-0.2, -0.15) is 0 Å². The molecule has 0 fully saturated rings. The lowest BCUT2D eigenvalue weighted by Crippen LogP contribution is -1.99. The first-order chi connectivity index (χ1) is 31.2. The standard InChI is InChI=1S/C59H37N3S/c1-3-14-38(15-4-1)40-26-28-41(29-27-40)52-35-43(39-16-5-2-6-17-39)36-53(60-52)42-18-13-19-44(34-42)61-54-23-10-7-20-46(54)49-31-32-50-47-21-8-11-24-55(47)62(59(50)58(49)61)45-30-33-57-51(37-45)48-22-9-12-25-56(48)63-57/h1-37H. The third kappa shape index (κ3) is 5.76. The molecule has 63 heavy (non-hydrogen) atoms. The van der Waals surface area contributed by atoms with E-state index in [9.17, 15) is 0 Å². The number of hydrogen-bond donors (Lipinski definition) is 0. The largest absolute Gasteiger partial charge is 0.307 e. The highest BCUT2D eigenvalue weighted by Gasteiger charge is 2.22. The SMILES string of the molecule is c1ccc(-c2ccc(-c3cc(-c4ccccc4)cc(-c4cccc(-n5c6ccccc6c6ccc7c8ccccc8n(-c8ccc9sc%10ccccc%10c9c8)c7c65)c4)n3)cc2)cc1. The summed E-state index contributed by atoms with van der Waals surface area (Å²) in [6.07, 6.45) is 0. The molecule has 0 unspecified atom stereocenters. The lowest BCUT2D eigenvalue weighted by Gasteiger charge is -2.14. The van der Waals surface area contributed by atoms with Crippen LogP contribution in [0.3, 0.4) is 0 Å². The molecule has 9 aromatic carbocycles. The van der Waals surface area contributed by atoms with Gasteiger partial charge in [0, 0.05) is 64.2 Å². The molecule has 0 N–H and O–H groups in total. The molecule has 0 amide bonds. The van der Waals surface area contributed by atoms with Gasteiger partial charge in [0.2, 0.25) is 0 Å². The van der Waals surface area contributed by atoms with Gasteiger partial charge in [-0.25, -0.2) is 4.98 Å². The van der Waals surface area contributed by atoms with Crippen LogP contribution < -0.4 is 0 Å². The molecule has 0 bridgehead atoms. The maximum Gasteiger partial charge on any atom is 0.0788 e. The fourth-order valence-corrected chi connectivity index (χ4v) is 10.9. The number of aromatic nitrogens is 3. The van der Waals surface area contributed by atoms with Crippen LogP contribution >= 0.6 is 11.3 Å². The molecular weight excluding hydrogens is 783 g/mol. The van der Waals surface area contributed by atoms with Gasteiger partial charge in [-0.1, -0.05) is 164 Å². The summed E-state index contributed by atoms with van der Waals surface area (Å²) in [5.74, 6) is 0. The van der Waals surface area contributed by atoms with Crippen molar-refractivity contribution in [2.24, 2.45) is 0 Å². The van der Waals surface area contributed by atoms with Crippen molar-refractivity contribution in [1.82, 2.24) is 14.1 Å². The molecule has 0 saturated heterocycles. The molecule has 294 valence electrons. The van der Waals surface area contributed by atoms with Gasteiger partial charge in [0.25, 0.3) is 0 Å². The highest BCUT2D eigenvalue weighted by molar-refractivity contribution is 7.25. The number of rotatable bonds is 6. The lowest BCUT2D eigenvalue weighted by molar-refractivity contribution is 1.15. The molecular formula is C59H37N3S. The minimum absolute atomic E-state index is 0.927. The number of nitrogens with zero attached hydrogens (tertiary/aromatic N) is 3. The zero-order valence-electron chi connectivity index (χ0n) is 34.1. The summed E-state index contributed by atoms with van der Waals surface area (Å²) >= 11 is 1.86. The molecule has 4 heterocycles. The van der Waals surface area contributed by atoms with Crippen molar-refractivity contribution in [3.8, 4) is 56.1 Å². The van der Waals surface area contributed by atoms with Crippen LogP contribution in [0.15, 0.2) is 224 Å². The number of thiophene rings is 1. The second kappa shape index (κ2) is 14.3. The Morgan fingerprint density at radius 3 is 1.44 bits per heavy atom. The van der Waals surface area contributed by atoms with Gasteiger partial charge < -0.3 is 9.13 Å². The summed E-state index contributed by atoms with van der Waals surface area (Å²) in [4.78, 5) is 5.41. The third-order valence-corrected chi connectivity index (χ3v) is 13.9. The van der Waals surface area contributed by atoms with E-state index in [1.807, 2.05) is 11.3 Å². The second-order valence-corrected chi connectivity index (χ2v) is 17.4. The van der Waals surface area contributed by atoms with Gasteiger partial charge in [0.05, 0.1) is 33.5 Å². The molecule has 4 heteroatoms. The molecule has 13 aromatic rings. The highest BCUT2D eigenvalue weighted by atomic mass is 32.1. The summed E-state index contributed by atoms with van der Waals surface area (Å²) < 4.78 is 7.59. The lowest BCUT2D eigenvalue weighted by atomic mass is 9.98. The van der Waals surface area contributed by atoms with Crippen molar-refractivity contribution < 1.29 is 0 Å². The Bertz CT molecular complexity index is 3890. The number of hydrogen-bond acceptors (Lipinski definition) is 2. The number of fused-ring (bicyclic) bond motifs is 10. The molecule has 0 aliphatic carbocycles. The summed E-state index contributed by atoms with van der Waals surface area (Å²) in [5, 5.41) is 7.50. The van der Waals surface area contributed by atoms with Crippen molar-refractivity contribution in [2.75, 3.05) is 0 Å². The van der Waals surface area contributed by atoms with Gasteiger partial charge in [-0.05, 0) is 82.9 Å². The fraction of sp³-hybridized carbons (Fsp3) is 0. The summed E-state index contributed by atoms with van der Waals surface area (Å²) in [6.45, 7) is 0. The Balaban J connectivity index is 1.04. The van der Waals surface area contributed by atoms with Gasteiger partial charge in [-0.3, -0.25) is 0 Å². The topological polar surface area (TPSA) is 22.8 Å². The Kier molecular flexibility index (Phi) is 8.08. The maximum absolute atomic E-state index is 5.41. The average Bonchev–Trinajstić information content (AvgIpc) is 4.02. The normalized spacial score (nSPS) is 11.8. The molecule has 0 atom stereocenters. The first-order valence-corrected chi connectivity index (χ1v) is 22.3. The smallest absolute Gasteiger partial charge is 0.0788 e. The van der Waals surface area contributed by atoms with Crippen molar-refractivity contribution in [3.05, 3.63) is 224 Å². The number of pyridine rings is 1. The predicted octanol–water partition coefficient (Wildman–Crippen LogP) is 16.3. The predicted molar refractivity (Wildman–Crippen MR) is 268 cm³/mol. The fourth-order valence-electron chi connectivity index (χ4n) is 9.78. The van der Waals surface area contributed by atoms with Crippen molar-refractivity contribution in [3.63, 3.8) is 0 Å². The monoisotopic (exact) mass is 819 g/mol. The van der Waals surface area contributed by atoms with Crippen LogP contribution in [0.4, 0.5) is 0 Å². The Labute approximate surface area is 368 Å². The minimum Gasteiger partial charge on any atom is -0.307 e. The van der Waals surface area contributed by atoms with Crippen LogP contribution in [-0.2, 0) is 0 Å². The molecule has 0 radical (unpaired) electrons. The van der Waals surface area contributed by atoms with E-state index in [4.69, 9.17) is 4.98 Å². The van der Waals surface area contributed by atoms with Crippen LogP contribution in [-0.4, -0.2) is 14.1 Å². The van der Waals surface area contributed by atoms with E-state index in [-0.39, 0.29) is 0 Å². The van der Waals surface area contributed by atoms with E-state index >= 15 is 0 Å². The van der Waals surface area contributed by atoms with Gasteiger partial charge in [0.15, 0.2) is 0 Å². The minimum atomic E-state index is 0.927. The van der Waals surface area contributed by atoms with E-state index in [0.29, 0.717) is 0 Å². The van der Waals surface area contributed by atoms with Crippen LogP contribution in [0, 0.1) is 0 Å². The zero-order chi connectivity index (χ0) is 41.4. The summed E-state index contributed by atoms with van der Waals surface area (Å²) in [7, 11) is 0. The van der Waals surface area contributed by atoms with Crippen molar-refractivity contribution >= 4 is 75.1 Å². The highest BCUT2D eigenvalue weighted by Crippen LogP contribution is 2.43. The Morgan fingerprint density at radius 2 is 0.778 bits per heavy atom. The molecule has 0 spiro atoms. The van der Waals surface area contributed by atoms with Gasteiger partial charge in [0.1, 0.15) is 0 Å². The molecule has 3 nitrogen and oxygen atoms in total. The number of benzene rings is 9. The van der Waals surface area contributed by atoms with Crippen LogP contribution in [0.25, 0.3) is 120 Å². The molecule has 4 aromatic heterocycles. The van der Waals surface area contributed by atoms with Crippen molar-refractivity contribution in [2.45, 2.75) is 0 Å². The van der Waals surface area contributed by atoms with Crippen LogP contribution in [0.5, 0.6) is 0 Å². The van der Waals surface area contributed by atoms with E-state index in [2.05, 4.69) is 234 Å². The molecule has 0 aliphatic rings. The maximum atomic E-state index is 5.41. The van der Waals surface area contributed by atoms with E-state index in [1.54, 1.807) is 0 Å². The number of para-hydroxylation sites is 2. The first-order valence-electron chi connectivity index (χ1n) is 21.4. The van der Waals surface area contributed by atoms with Crippen LogP contribution in [0.1, 0.15) is 0 Å². The average molecular weight is 820 g/mol. The summed E-state index contributed by atoms with van der Waals surface area (Å²) in [5.41, 5.74) is 15.7. The van der Waals surface area contributed by atoms with E-state index in [1.165, 1.54) is 74.9 Å². The molecule has 0 saturated carbocycles. The third-order valence-electron chi connectivity index (χ3n) is 12.7. The first kappa shape index (κ1) is 35.7. The quantitative estimate of drug-likeness (QED) is 0.164.